The summed E-state index contributed by atoms with van der Waals surface area (Å²) in [5.41, 5.74) is 1.20. The molecule has 2 heterocycles. The van der Waals surface area contributed by atoms with Crippen molar-refractivity contribution in [3.05, 3.63) is 58.2 Å². The van der Waals surface area contributed by atoms with Crippen LogP contribution < -0.4 is 10.2 Å². The van der Waals surface area contributed by atoms with Gasteiger partial charge in [-0.1, -0.05) is 29.9 Å². The zero-order valence-electron chi connectivity index (χ0n) is 17.4. The molecule has 0 bridgehead atoms. The van der Waals surface area contributed by atoms with Gasteiger partial charge in [0.05, 0.1) is 15.1 Å². The number of aromatic nitrogens is 1. The first-order valence-electron chi connectivity index (χ1n) is 10.3. The number of nitrogens with zero attached hydrogens (tertiary/aromatic N) is 2. The van der Waals surface area contributed by atoms with Crippen LogP contribution >= 0.6 is 11.3 Å². The third-order valence-electron chi connectivity index (χ3n) is 5.70. The summed E-state index contributed by atoms with van der Waals surface area (Å²) in [7, 11) is -3.60. The van der Waals surface area contributed by atoms with Crippen molar-refractivity contribution in [3.8, 4) is 0 Å². The Morgan fingerprint density at radius 3 is 2.39 bits per heavy atom. The smallest absolute Gasteiger partial charge is 0.308 e. The minimum Gasteiger partial charge on any atom is -0.325 e. The van der Waals surface area contributed by atoms with E-state index in [4.69, 9.17) is 0 Å². The van der Waals surface area contributed by atoms with Crippen molar-refractivity contribution in [2.75, 3.05) is 5.32 Å². The van der Waals surface area contributed by atoms with Crippen LogP contribution in [0.2, 0.25) is 0 Å². The van der Waals surface area contributed by atoms with Gasteiger partial charge in [0.1, 0.15) is 6.54 Å². The van der Waals surface area contributed by atoms with Crippen molar-refractivity contribution < 1.29 is 13.2 Å². The van der Waals surface area contributed by atoms with Gasteiger partial charge < -0.3 is 5.32 Å². The summed E-state index contributed by atoms with van der Waals surface area (Å²) >= 11 is 1.10. The van der Waals surface area contributed by atoms with E-state index >= 15 is 0 Å². The van der Waals surface area contributed by atoms with E-state index in [1.54, 1.807) is 16.4 Å². The van der Waals surface area contributed by atoms with Gasteiger partial charge in [-0.3, -0.25) is 14.2 Å². The lowest BCUT2D eigenvalue weighted by atomic mass is 10.0. The third kappa shape index (κ3) is 4.30. The highest BCUT2D eigenvalue weighted by atomic mass is 32.2. The number of carbonyl (C=O) groups is 1. The molecule has 1 saturated heterocycles. The second-order valence-corrected chi connectivity index (χ2v) is 10.8. The molecule has 0 unspecified atom stereocenters. The molecule has 1 fully saturated rings. The fourth-order valence-corrected chi connectivity index (χ4v) is 6.98. The second kappa shape index (κ2) is 8.57. The van der Waals surface area contributed by atoms with Crippen LogP contribution in [0.15, 0.2) is 58.2 Å². The van der Waals surface area contributed by atoms with Crippen molar-refractivity contribution in [1.29, 1.82) is 0 Å². The SMILES string of the molecule is C[C@@H]1CCC[C@H](C)N1S(=O)(=O)c1ccc(NC(=O)Cn2c(=O)sc3ccccc32)cc1. The molecule has 0 saturated carbocycles. The molecule has 1 aromatic heterocycles. The number of benzene rings is 2. The zero-order chi connectivity index (χ0) is 22.2. The van der Waals surface area contributed by atoms with Crippen molar-refractivity contribution >= 4 is 43.2 Å². The Labute approximate surface area is 185 Å². The quantitative estimate of drug-likeness (QED) is 0.631. The maximum Gasteiger partial charge on any atom is 0.308 e. The van der Waals surface area contributed by atoms with Gasteiger partial charge in [-0.25, -0.2) is 8.42 Å². The third-order valence-corrected chi connectivity index (χ3v) is 8.80. The van der Waals surface area contributed by atoms with E-state index in [0.717, 1.165) is 40.8 Å². The number of para-hydroxylation sites is 1. The molecule has 4 rings (SSSR count). The van der Waals surface area contributed by atoms with E-state index in [1.807, 2.05) is 38.1 Å². The first-order chi connectivity index (χ1) is 14.8. The lowest BCUT2D eigenvalue weighted by Crippen LogP contribution is -2.47. The topological polar surface area (TPSA) is 88.5 Å². The molecule has 31 heavy (non-hydrogen) atoms. The molecule has 2 aromatic carbocycles. The number of piperidine rings is 1. The Balaban J connectivity index is 1.49. The van der Waals surface area contributed by atoms with Crippen LogP contribution in [0.25, 0.3) is 10.2 Å². The molecule has 1 aliphatic heterocycles. The number of hydrogen-bond acceptors (Lipinski definition) is 5. The maximum atomic E-state index is 13.1. The van der Waals surface area contributed by atoms with Crippen molar-refractivity contribution in [2.24, 2.45) is 0 Å². The Morgan fingerprint density at radius 1 is 1.06 bits per heavy atom. The van der Waals surface area contributed by atoms with Gasteiger partial charge in [-0.15, -0.1) is 0 Å². The number of carbonyl (C=O) groups excluding carboxylic acids is 1. The van der Waals surface area contributed by atoms with Crippen molar-refractivity contribution in [2.45, 2.75) is 56.6 Å². The molecule has 2 atom stereocenters. The van der Waals surface area contributed by atoms with E-state index in [1.165, 1.54) is 16.7 Å². The molecular weight excluding hydrogens is 434 g/mol. The zero-order valence-corrected chi connectivity index (χ0v) is 19.1. The highest BCUT2D eigenvalue weighted by molar-refractivity contribution is 7.89. The second-order valence-electron chi connectivity index (χ2n) is 7.96. The van der Waals surface area contributed by atoms with Crippen molar-refractivity contribution in [3.63, 3.8) is 0 Å². The van der Waals surface area contributed by atoms with E-state index in [9.17, 15) is 18.0 Å². The van der Waals surface area contributed by atoms with Gasteiger partial charge in [0.2, 0.25) is 15.9 Å². The molecule has 7 nitrogen and oxygen atoms in total. The van der Waals surface area contributed by atoms with Gasteiger partial charge in [0.25, 0.3) is 0 Å². The maximum absolute atomic E-state index is 13.1. The number of sulfonamides is 1. The monoisotopic (exact) mass is 459 g/mol. The first-order valence-corrected chi connectivity index (χ1v) is 12.5. The minimum atomic E-state index is -3.60. The molecule has 164 valence electrons. The van der Waals surface area contributed by atoms with Crippen LogP contribution in [0.3, 0.4) is 0 Å². The highest BCUT2D eigenvalue weighted by Gasteiger charge is 2.35. The fourth-order valence-electron chi connectivity index (χ4n) is 4.21. The van der Waals surface area contributed by atoms with Gasteiger partial charge in [0.15, 0.2) is 0 Å². The van der Waals surface area contributed by atoms with Gasteiger partial charge >= 0.3 is 4.87 Å². The van der Waals surface area contributed by atoms with Crippen LogP contribution in [-0.2, 0) is 21.4 Å². The highest BCUT2D eigenvalue weighted by Crippen LogP contribution is 2.30. The van der Waals surface area contributed by atoms with Crippen LogP contribution in [0.5, 0.6) is 0 Å². The molecule has 9 heteroatoms. The van der Waals surface area contributed by atoms with Crippen LogP contribution in [0.1, 0.15) is 33.1 Å². The minimum absolute atomic E-state index is 0.0353. The molecule has 1 N–H and O–H groups in total. The number of fused-ring (bicyclic) bond motifs is 1. The Kier molecular flexibility index (Phi) is 6.00. The average Bonchev–Trinajstić information content (AvgIpc) is 3.03. The lowest BCUT2D eigenvalue weighted by Gasteiger charge is -2.37. The number of amides is 1. The Hall–Kier alpha value is -2.49. The van der Waals surface area contributed by atoms with Gasteiger partial charge in [-0.05, 0) is 63.1 Å². The summed E-state index contributed by atoms with van der Waals surface area (Å²) in [4.78, 5) is 24.7. The number of hydrogen-bond donors (Lipinski definition) is 1. The number of thiazole rings is 1. The Bertz CT molecular complexity index is 1250. The van der Waals surface area contributed by atoms with E-state index in [0.29, 0.717) is 5.69 Å². The number of rotatable bonds is 5. The first kappa shape index (κ1) is 21.7. The molecule has 0 aliphatic carbocycles. The van der Waals surface area contributed by atoms with Gasteiger partial charge in [-0.2, -0.15) is 4.31 Å². The summed E-state index contributed by atoms with van der Waals surface area (Å²) in [6, 6.07) is 13.5. The largest absolute Gasteiger partial charge is 0.325 e. The fraction of sp³-hybridized carbons (Fsp3) is 0.364. The van der Waals surface area contributed by atoms with Crippen molar-refractivity contribution in [1.82, 2.24) is 8.87 Å². The average molecular weight is 460 g/mol. The number of nitrogens with one attached hydrogen (secondary N) is 1. The summed E-state index contributed by atoms with van der Waals surface area (Å²) < 4.78 is 30.1. The number of anilines is 1. The summed E-state index contributed by atoms with van der Waals surface area (Å²) in [5, 5.41) is 2.75. The van der Waals surface area contributed by atoms with Crippen LogP contribution in [0, 0.1) is 0 Å². The summed E-state index contributed by atoms with van der Waals surface area (Å²) in [6.45, 7) is 3.78. The molecule has 0 spiro atoms. The summed E-state index contributed by atoms with van der Waals surface area (Å²) in [6.07, 6.45) is 2.74. The van der Waals surface area contributed by atoms with E-state index in [-0.39, 0.29) is 34.3 Å². The van der Waals surface area contributed by atoms with E-state index < -0.39 is 10.0 Å². The molecule has 3 aromatic rings. The molecule has 0 radical (unpaired) electrons. The molecule has 1 aliphatic rings. The predicted octanol–water partition coefficient (Wildman–Crippen LogP) is 3.65. The standard InChI is InChI=1S/C22H25N3O4S2/c1-15-6-5-7-16(2)25(15)31(28,29)18-12-10-17(11-13-18)23-21(26)14-24-19-8-3-4-9-20(19)30-22(24)27/h3-4,8-13,15-16H,5-7,14H2,1-2H3,(H,23,26)/t15-,16+. The molecule has 1 amide bonds. The van der Waals surface area contributed by atoms with Crippen LogP contribution in [0.4, 0.5) is 5.69 Å². The van der Waals surface area contributed by atoms with Crippen LogP contribution in [-0.4, -0.2) is 35.3 Å². The van der Waals surface area contributed by atoms with Gasteiger partial charge in [0, 0.05) is 17.8 Å². The predicted molar refractivity (Wildman–Crippen MR) is 123 cm³/mol. The van der Waals surface area contributed by atoms with E-state index in [2.05, 4.69) is 5.32 Å². The lowest BCUT2D eigenvalue weighted by molar-refractivity contribution is -0.116. The molecular formula is C22H25N3O4S2. The Morgan fingerprint density at radius 2 is 1.71 bits per heavy atom. The summed E-state index contributed by atoms with van der Waals surface area (Å²) in [5.74, 6) is -0.348. The normalized spacial score (nSPS) is 20.1.